The Kier molecular flexibility index (Phi) is 6.10. The van der Waals surface area contributed by atoms with Crippen molar-refractivity contribution < 1.29 is 4.74 Å². The third kappa shape index (κ3) is 5.16. The van der Waals surface area contributed by atoms with Crippen LogP contribution in [0.1, 0.15) is 24.8 Å². The van der Waals surface area contributed by atoms with Crippen molar-refractivity contribution in [1.82, 2.24) is 9.97 Å². The largest absolute Gasteiger partial charge is 0.497 e. The molecule has 150 valence electrons. The molecule has 0 bridgehead atoms. The minimum Gasteiger partial charge on any atom is -0.497 e. The van der Waals surface area contributed by atoms with Gasteiger partial charge in [-0.15, -0.1) is 0 Å². The van der Waals surface area contributed by atoms with Gasteiger partial charge in [-0.05, 0) is 61.2 Å². The van der Waals surface area contributed by atoms with Crippen molar-refractivity contribution in [3.05, 3.63) is 66.5 Å². The first-order chi connectivity index (χ1) is 14.3. The van der Waals surface area contributed by atoms with Gasteiger partial charge in [0.15, 0.2) is 0 Å². The third-order valence-electron chi connectivity index (χ3n) is 5.16. The Balaban J connectivity index is 1.35. The molecular weight excluding hydrogens is 362 g/mol. The van der Waals surface area contributed by atoms with Gasteiger partial charge in [0.05, 0.1) is 7.11 Å². The highest BCUT2D eigenvalue weighted by molar-refractivity contribution is 5.62. The number of hydrogen-bond acceptors (Lipinski definition) is 6. The SMILES string of the molecule is COc1ccc(CNc2cc(Nc3ccc(N4CCCCC4)cc3)ncn2)cc1. The van der Waals surface area contributed by atoms with Gasteiger partial charge in [0.1, 0.15) is 23.7 Å². The highest BCUT2D eigenvalue weighted by atomic mass is 16.5. The monoisotopic (exact) mass is 389 g/mol. The van der Waals surface area contributed by atoms with Crippen LogP contribution >= 0.6 is 0 Å². The van der Waals surface area contributed by atoms with Crippen LogP contribution in [0.5, 0.6) is 5.75 Å². The van der Waals surface area contributed by atoms with E-state index >= 15 is 0 Å². The van der Waals surface area contributed by atoms with E-state index in [1.165, 1.54) is 24.9 Å². The average molecular weight is 390 g/mol. The van der Waals surface area contributed by atoms with E-state index in [0.29, 0.717) is 6.54 Å². The normalized spacial score (nSPS) is 13.8. The van der Waals surface area contributed by atoms with Crippen molar-refractivity contribution in [2.24, 2.45) is 0 Å². The maximum atomic E-state index is 5.19. The summed E-state index contributed by atoms with van der Waals surface area (Å²) in [7, 11) is 1.67. The Morgan fingerprint density at radius 3 is 2.34 bits per heavy atom. The second-order valence-corrected chi connectivity index (χ2v) is 7.21. The Morgan fingerprint density at radius 2 is 1.62 bits per heavy atom. The molecule has 1 aliphatic rings. The van der Waals surface area contributed by atoms with Crippen LogP contribution in [0.2, 0.25) is 0 Å². The highest BCUT2D eigenvalue weighted by Gasteiger charge is 2.10. The first-order valence-corrected chi connectivity index (χ1v) is 10.1. The summed E-state index contributed by atoms with van der Waals surface area (Å²) in [5, 5.41) is 6.70. The fourth-order valence-corrected chi connectivity index (χ4v) is 3.51. The second-order valence-electron chi connectivity index (χ2n) is 7.21. The quantitative estimate of drug-likeness (QED) is 0.603. The molecular formula is C23H27N5O. The standard InChI is InChI=1S/C23H27N5O/c1-29-21-11-5-18(6-12-21)16-24-22-15-23(26-17-25-22)27-19-7-9-20(10-8-19)28-13-3-2-4-14-28/h5-12,15,17H,2-4,13-14,16H2,1H3,(H2,24,25,26,27). The van der Waals surface area contributed by atoms with Crippen LogP contribution in [0.25, 0.3) is 0 Å². The van der Waals surface area contributed by atoms with Crippen LogP contribution in [0.15, 0.2) is 60.9 Å². The molecule has 1 fully saturated rings. The highest BCUT2D eigenvalue weighted by Crippen LogP contribution is 2.23. The van der Waals surface area contributed by atoms with Crippen LogP contribution in [0, 0.1) is 0 Å². The van der Waals surface area contributed by atoms with Gasteiger partial charge < -0.3 is 20.3 Å². The van der Waals surface area contributed by atoms with Crippen LogP contribution < -0.4 is 20.3 Å². The zero-order chi connectivity index (χ0) is 19.9. The Hall–Kier alpha value is -3.28. The van der Waals surface area contributed by atoms with E-state index in [1.807, 2.05) is 30.3 Å². The maximum absolute atomic E-state index is 5.19. The molecule has 6 heteroatoms. The first kappa shape index (κ1) is 19.1. The van der Waals surface area contributed by atoms with Gasteiger partial charge >= 0.3 is 0 Å². The lowest BCUT2D eigenvalue weighted by molar-refractivity contribution is 0.414. The minimum atomic E-state index is 0.685. The van der Waals surface area contributed by atoms with Crippen molar-refractivity contribution in [2.75, 3.05) is 35.7 Å². The lowest BCUT2D eigenvalue weighted by atomic mass is 10.1. The molecule has 1 saturated heterocycles. The second kappa shape index (κ2) is 9.28. The van der Waals surface area contributed by atoms with Gasteiger partial charge in [-0.25, -0.2) is 9.97 Å². The first-order valence-electron chi connectivity index (χ1n) is 10.1. The molecule has 29 heavy (non-hydrogen) atoms. The molecule has 0 spiro atoms. The third-order valence-corrected chi connectivity index (χ3v) is 5.16. The van der Waals surface area contributed by atoms with Gasteiger partial charge in [0.25, 0.3) is 0 Å². The van der Waals surface area contributed by atoms with E-state index in [-0.39, 0.29) is 0 Å². The predicted molar refractivity (Wildman–Crippen MR) is 118 cm³/mol. The van der Waals surface area contributed by atoms with E-state index in [2.05, 4.69) is 49.8 Å². The van der Waals surface area contributed by atoms with Crippen molar-refractivity contribution >= 4 is 23.0 Å². The van der Waals surface area contributed by atoms with E-state index in [9.17, 15) is 0 Å². The number of benzene rings is 2. The number of rotatable bonds is 7. The van der Waals surface area contributed by atoms with E-state index < -0.39 is 0 Å². The van der Waals surface area contributed by atoms with Gasteiger partial charge in [-0.2, -0.15) is 0 Å². The van der Waals surface area contributed by atoms with E-state index in [4.69, 9.17) is 4.74 Å². The van der Waals surface area contributed by atoms with E-state index in [0.717, 1.165) is 41.7 Å². The number of ether oxygens (including phenoxy) is 1. The molecule has 0 amide bonds. The summed E-state index contributed by atoms with van der Waals surface area (Å²) in [6.45, 7) is 2.99. The number of anilines is 4. The van der Waals surface area contributed by atoms with Crippen molar-refractivity contribution in [1.29, 1.82) is 0 Å². The molecule has 2 heterocycles. The van der Waals surface area contributed by atoms with Gasteiger partial charge in [0.2, 0.25) is 0 Å². The van der Waals surface area contributed by atoms with Crippen LogP contribution in [-0.2, 0) is 6.54 Å². The molecule has 1 aliphatic heterocycles. The number of hydrogen-bond donors (Lipinski definition) is 2. The average Bonchev–Trinajstić information content (AvgIpc) is 2.79. The van der Waals surface area contributed by atoms with E-state index in [1.54, 1.807) is 13.4 Å². The molecule has 1 aromatic heterocycles. The Morgan fingerprint density at radius 1 is 0.897 bits per heavy atom. The number of nitrogens with zero attached hydrogens (tertiary/aromatic N) is 3. The van der Waals surface area contributed by atoms with Crippen LogP contribution in [0.4, 0.5) is 23.0 Å². The van der Waals surface area contributed by atoms with Gasteiger partial charge in [0, 0.05) is 37.1 Å². The Labute approximate surface area is 172 Å². The zero-order valence-corrected chi connectivity index (χ0v) is 16.8. The van der Waals surface area contributed by atoms with Crippen LogP contribution in [0.3, 0.4) is 0 Å². The topological polar surface area (TPSA) is 62.3 Å². The zero-order valence-electron chi connectivity index (χ0n) is 16.8. The van der Waals surface area contributed by atoms with Crippen molar-refractivity contribution in [3.8, 4) is 5.75 Å². The van der Waals surface area contributed by atoms with Gasteiger partial charge in [-0.1, -0.05) is 12.1 Å². The Bertz CT molecular complexity index is 905. The maximum Gasteiger partial charge on any atom is 0.135 e. The minimum absolute atomic E-state index is 0.685. The molecule has 0 radical (unpaired) electrons. The number of nitrogens with one attached hydrogen (secondary N) is 2. The summed E-state index contributed by atoms with van der Waals surface area (Å²) in [6.07, 6.45) is 5.49. The summed E-state index contributed by atoms with van der Waals surface area (Å²) in [5.41, 5.74) is 3.47. The summed E-state index contributed by atoms with van der Waals surface area (Å²) < 4.78 is 5.19. The molecule has 0 saturated carbocycles. The molecule has 6 nitrogen and oxygen atoms in total. The van der Waals surface area contributed by atoms with Gasteiger partial charge in [-0.3, -0.25) is 0 Å². The number of methoxy groups -OCH3 is 1. The molecule has 2 aromatic carbocycles. The molecule has 0 aliphatic carbocycles. The number of aromatic nitrogens is 2. The lowest BCUT2D eigenvalue weighted by Gasteiger charge is -2.28. The molecule has 4 rings (SSSR count). The number of piperidine rings is 1. The summed E-state index contributed by atoms with van der Waals surface area (Å²) in [4.78, 5) is 11.1. The fourth-order valence-electron chi connectivity index (χ4n) is 3.51. The summed E-state index contributed by atoms with van der Waals surface area (Å²) >= 11 is 0. The lowest BCUT2D eigenvalue weighted by Crippen LogP contribution is -2.29. The molecule has 3 aromatic rings. The van der Waals surface area contributed by atoms with Crippen molar-refractivity contribution in [3.63, 3.8) is 0 Å². The summed E-state index contributed by atoms with van der Waals surface area (Å²) in [6, 6.07) is 18.5. The smallest absolute Gasteiger partial charge is 0.135 e. The van der Waals surface area contributed by atoms with Crippen molar-refractivity contribution in [2.45, 2.75) is 25.8 Å². The van der Waals surface area contributed by atoms with Crippen LogP contribution in [-0.4, -0.2) is 30.2 Å². The predicted octanol–water partition coefficient (Wildman–Crippen LogP) is 4.83. The summed E-state index contributed by atoms with van der Waals surface area (Å²) in [5.74, 6) is 2.40. The molecule has 0 atom stereocenters. The molecule has 0 unspecified atom stereocenters. The molecule has 2 N–H and O–H groups in total. The fraction of sp³-hybridized carbons (Fsp3) is 0.304.